The Kier molecular flexibility index (Phi) is 6.29. The number of hydrogen-bond donors (Lipinski definition) is 2. The number of carbonyl (C=O) groups is 1. The van der Waals surface area contributed by atoms with Crippen LogP contribution in [0.5, 0.6) is 5.88 Å². The average molecular weight is 466 g/mol. The van der Waals surface area contributed by atoms with Gasteiger partial charge in [-0.25, -0.2) is 15.0 Å². The van der Waals surface area contributed by atoms with Crippen molar-refractivity contribution in [1.29, 1.82) is 0 Å². The van der Waals surface area contributed by atoms with E-state index in [-0.39, 0.29) is 5.91 Å². The molecule has 1 atom stereocenters. The Morgan fingerprint density at radius 2 is 1.89 bits per heavy atom. The predicted octanol–water partition coefficient (Wildman–Crippen LogP) is 4.13. The number of anilines is 1. The lowest BCUT2D eigenvalue weighted by molar-refractivity contribution is 0.0941. The van der Waals surface area contributed by atoms with Gasteiger partial charge < -0.3 is 15.4 Å². The molecular formula is C26H23N7O2. The smallest absolute Gasteiger partial charge is 0.253 e. The van der Waals surface area contributed by atoms with E-state index in [1.54, 1.807) is 43.1 Å². The quantitative estimate of drug-likeness (QED) is 0.332. The maximum Gasteiger partial charge on any atom is 0.253 e. The second-order valence-corrected chi connectivity index (χ2v) is 7.63. The summed E-state index contributed by atoms with van der Waals surface area (Å²) < 4.78 is 7.48. The lowest BCUT2D eigenvalue weighted by Gasteiger charge is -2.21. The molecule has 5 rings (SSSR count). The molecule has 35 heavy (non-hydrogen) atoms. The Morgan fingerprint density at radius 3 is 2.69 bits per heavy atom. The topological polar surface area (TPSA) is 106 Å². The molecule has 4 aromatic heterocycles. The highest BCUT2D eigenvalue weighted by Gasteiger charge is 2.19. The van der Waals surface area contributed by atoms with Crippen molar-refractivity contribution in [2.45, 2.75) is 13.1 Å². The van der Waals surface area contributed by atoms with E-state index in [4.69, 9.17) is 4.74 Å². The lowest BCUT2D eigenvalue weighted by atomic mass is 10.1. The summed E-state index contributed by atoms with van der Waals surface area (Å²) in [6.07, 6.45) is 9.82. The SMILES string of the molecule is CCOc1cc(-c2cnc(NC(NC(=O)c3ccccc3)c3cccnc3)c3nccn23)ccn1. The lowest BCUT2D eigenvalue weighted by Crippen LogP contribution is -2.34. The van der Waals surface area contributed by atoms with Gasteiger partial charge in [0, 0.05) is 53.7 Å². The molecule has 2 N–H and O–H groups in total. The van der Waals surface area contributed by atoms with Gasteiger partial charge in [0.2, 0.25) is 5.88 Å². The van der Waals surface area contributed by atoms with E-state index in [1.807, 2.05) is 60.0 Å². The molecule has 0 spiro atoms. The number of aromatic nitrogens is 5. The van der Waals surface area contributed by atoms with Crippen LogP contribution in [0.15, 0.2) is 91.8 Å². The van der Waals surface area contributed by atoms with Crippen molar-refractivity contribution in [3.05, 3.63) is 103 Å². The molecule has 0 saturated carbocycles. The fraction of sp³-hybridized carbons (Fsp3) is 0.115. The molecule has 4 heterocycles. The standard InChI is InChI=1S/C26H23N7O2/c1-2-35-22-15-19(10-12-28-22)21-17-30-24(25-29-13-14-33(21)25)31-23(20-9-6-11-27-16-20)32-26(34)18-7-4-3-5-8-18/h3-17,23H,2H2,1H3,(H,30,31)(H,32,34). The van der Waals surface area contributed by atoms with Crippen LogP contribution in [-0.2, 0) is 0 Å². The second-order valence-electron chi connectivity index (χ2n) is 7.63. The minimum atomic E-state index is -0.583. The van der Waals surface area contributed by atoms with E-state index in [9.17, 15) is 4.79 Å². The Bertz CT molecular complexity index is 1440. The maximum atomic E-state index is 12.9. The van der Waals surface area contributed by atoms with Crippen LogP contribution in [0.4, 0.5) is 5.82 Å². The molecule has 9 heteroatoms. The molecule has 5 aromatic rings. The number of amides is 1. The Hall–Kier alpha value is -4.79. The number of fused-ring (bicyclic) bond motifs is 1. The zero-order valence-corrected chi connectivity index (χ0v) is 19.0. The van der Waals surface area contributed by atoms with Gasteiger partial charge in [-0.3, -0.25) is 14.2 Å². The van der Waals surface area contributed by atoms with Gasteiger partial charge in [-0.05, 0) is 31.2 Å². The van der Waals surface area contributed by atoms with Crippen LogP contribution in [0.1, 0.15) is 29.0 Å². The molecule has 0 fully saturated rings. The summed E-state index contributed by atoms with van der Waals surface area (Å²) in [6.45, 7) is 2.45. The summed E-state index contributed by atoms with van der Waals surface area (Å²) in [4.78, 5) is 30.5. The predicted molar refractivity (Wildman–Crippen MR) is 132 cm³/mol. The summed E-state index contributed by atoms with van der Waals surface area (Å²) in [5.41, 5.74) is 3.67. The molecule has 0 radical (unpaired) electrons. The zero-order valence-electron chi connectivity index (χ0n) is 19.0. The van der Waals surface area contributed by atoms with Crippen molar-refractivity contribution in [3.63, 3.8) is 0 Å². The first-order chi connectivity index (χ1) is 17.2. The number of ether oxygens (including phenoxy) is 1. The van der Waals surface area contributed by atoms with Crippen molar-refractivity contribution < 1.29 is 9.53 Å². The molecule has 174 valence electrons. The number of carbonyl (C=O) groups excluding carboxylic acids is 1. The van der Waals surface area contributed by atoms with Crippen LogP contribution in [0.3, 0.4) is 0 Å². The number of nitrogens with zero attached hydrogens (tertiary/aromatic N) is 5. The van der Waals surface area contributed by atoms with E-state index in [1.165, 1.54) is 0 Å². The van der Waals surface area contributed by atoms with E-state index in [0.717, 1.165) is 16.8 Å². The largest absolute Gasteiger partial charge is 0.478 e. The van der Waals surface area contributed by atoms with E-state index in [0.29, 0.717) is 29.5 Å². The van der Waals surface area contributed by atoms with Crippen molar-refractivity contribution in [2.24, 2.45) is 0 Å². The first-order valence-electron chi connectivity index (χ1n) is 11.2. The molecule has 0 saturated heterocycles. The van der Waals surface area contributed by atoms with Gasteiger partial charge in [0.25, 0.3) is 5.91 Å². The van der Waals surface area contributed by atoms with Crippen LogP contribution in [0.2, 0.25) is 0 Å². The summed E-state index contributed by atoms with van der Waals surface area (Å²) in [5.74, 6) is 0.837. The third-order valence-electron chi connectivity index (χ3n) is 5.36. The second kappa shape index (κ2) is 10.0. The van der Waals surface area contributed by atoms with Crippen LogP contribution in [-0.4, -0.2) is 36.9 Å². The van der Waals surface area contributed by atoms with Gasteiger partial charge in [-0.15, -0.1) is 0 Å². The van der Waals surface area contributed by atoms with Gasteiger partial charge in [-0.2, -0.15) is 0 Å². The molecular weight excluding hydrogens is 442 g/mol. The third-order valence-corrected chi connectivity index (χ3v) is 5.36. The first kappa shape index (κ1) is 22.0. The molecule has 1 unspecified atom stereocenters. The monoisotopic (exact) mass is 465 g/mol. The molecule has 1 aromatic carbocycles. The fourth-order valence-corrected chi connectivity index (χ4v) is 3.72. The number of hydrogen-bond acceptors (Lipinski definition) is 7. The number of benzene rings is 1. The van der Waals surface area contributed by atoms with Gasteiger partial charge in [-0.1, -0.05) is 24.3 Å². The minimum absolute atomic E-state index is 0.219. The summed E-state index contributed by atoms with van der Waals surface area (Å²) >= 11 is 0. The normalized spacial score (nSPS) is 11.7. The first-order valence-corrected chi connectivity index (χ1v) is 11.2. The van der Waals surface area contributed by atoms with Gasteiger partial charge >= 0.3 is 0 Å². The van der Waals surface area contributed by atoms with E-state index < -0.39 is 6.17 Å². The van der Waals surface area contributed by atoms with Crippen LogP contribution < -0.4 is 15.4 Å². The van der Waals surface area contributed by atoms with Gasteiger partial charge in [0.05, 0.1) is 18.5 Å². The van der Waals surface area contributed by atoms with Crippen molar-refractivity contribution in [1.82, 2.24) is 29.7 Å². The fourth-order valence-electron chi connectivity index (χ4n) is 3.72. The van der Waals surface area contributed by atoms with Crippen molar-refractivity contribution >= 4 is 17.4 Å². The van der Waals surface area contributed by atoms with Gasteiger partial charge in [0.1, 0.15) is 6.17 Å². The van der Waals surface area contributed by atoms with Crippen LogP contribution in [0.25, 0.3) is 16.9 Å². The van der Waals surface area contributed by atoms with E-state index in [2.05, 4.69) is 30.6 Å². The number of nitrogens with one attached hydrogen (secondary N) is 2. The van der Waals surface area contributed by atoms with Crippen molar-refractivity contribution in [3.8, 4) is 17.1 Å². The third kappa shape index (κ3) is 4.79. The molecule has 0 aliphatic heterocycles. The Morgan fingerprint density at radius 1 is 1.00 bits per heavy atom. The molecule has 0 bridgehead atoms. The highest BCUT2D eigenvalue weighted by Crippen LogP contribution is 2.27. The van der Waals surface area contributed by atoms with E-state index >= 15 is 0 Å². The number of imidazole rings is 1. The molecule has 1 amide bonds. The summed E-state index contributed by atoms with van der Waals surface area (Å²) in [7, 11) is 0. The molecule has 0 aliphatic carbocycles. The molecule has 0 aliphatic rings. The van der Waals surface area contributed by atoms with Crippen LogP contribution in [0, 0.1) is 0 Å². The zero-order chi connectivity index (χ0) is 24.0. The van der Waals surface area contributed by atoms with Crippen LogP contribution >= 0.6 is 0 Å². The minimum Gasteiger partial charge on any atom is -0.478 e. The maximum absolute atomic E-state index is 12.9. The average Bonchev–Trinajstić information content (AvgIpc) is 3.40. The highest BCUT2D eigenvalue weighted by molar-refractivity contribution is 5.94. The Balaban J connectivity index is 1.49. The number of pyridine rings is 2. The van der Waals surface area contributed by atoms with Gasteiger partial charge in [0.15, 0.2) is 11.5 Å². The van der Waals surface area contributed by atoms with Crippen molar-refractivity contribution in [2.75, 3.05) is 11.9 Å². The molecule has 9 nitrogen and oxygen atoms in total. The summed E-state index contributed by atoms with van der Waals surface area (Å²) in [6, 6.07) is 16.5. The summed E-state index contributed by atoms with van der Waals surface area (Å²) in [5, 5.41) is 6.36. The highest BCUT2D eigenvalue weighted by atomic mass is 16.5. The Labute approximate surface area is 201 Å². The number of rotatable bonds is 8.